The maximum Gasteiger partial charge on any atom is 0.234 e. The minimum Gasteiger partial charge on any atom is -0.325 e. The lowest BCUT2D eigenvalue weighted by molar-refractivity contribution is -0.120. The van der Waals surface area contributed by atoms with Crippen molar-refractivity contribution in [2.75, 3.05) is 5.32 Å². The highest BCUT2D eigenvalue weighted by atomic mass is 16.2. The van der Waals surface area contributed by atoms with Gasteiger partial charge in [-0.05, 0) is 51.3 Å². The number of hydrogen-bond acceptors (Lipinski definition) is 1. The van der Waals surface area contributed by atoms with E-state index in [-0.39, 0.29) is 5.91 Å². The van der Waals surface area contributed by atoms with Gasteiger partial charge in [-0.1, -0.05) is 48.0 Å². The van der Waals surface area contributed by atoms with Gasteiger partial charge in [-0.15, -0.1) is 0 Å². The number of amides is 1. The fourth-order valence-electron chi connectivity index (χ4n) is 2.38. The van der Waals surface area contributed by atoms with Crippen molar-refractivity contribution in [3.05, 3.63) is 64.7 Å². The maximum absolute atomic E-state index is 12.7. The standard InChI is InChI=1S/C19H23NO/c1-13-9-11-16(12-10-13)19(4,5)18(21)20-17-14(2)7-6-8-15(17)3/h6-12H,1-5H3,(H,20,21). The Bertz CT molecular complexity index is 634. The Balaban J connectivity index is 2.28. The molecule has 21 heavy (non-hydrogen) atoms. The van der Waals surface area contributed by atoms with Crippen LogP contribution in [0.25, 0.3) is 0 Å². The Kier molecular flexibility index (Phi) is 4.17. The molecule has 0 radical (unpaired) electrons. The molecule has 0 unspecified atom stereocenters. The number of benzene rings is 2. The van der Waals surface area contributed by atoms with E-state index in [4.69, 9.17) is 0 Å². The molecule has 1 amide bonds. The van der Waals surface area contributed by atoms with E-state index in [0.29, 0.717) is 0 Å². The molecule has 1 N–H and O–H groups in total. The summed E-state index contributed by atoms with van der Waals surface area (Å²) in [6, 6.07) is 14.2. The third kappa shape index (κ3) is 3.15. The lowest BCUT2D eigenvalue weighted by atomic mass is 9.83. The zero-order valence-corrected chi connectivity index (χ0v) is 13.4. The van der Waals surface area contributed by atoms with Crippen LogP contribution in [0.15, 0.2) is 42.5 Å². The van der Waals surface area contributed by atoms with Gasteiger partial charge in [0.15, 0.2) is 0 Å². The molecular weight excluding hydrogens is 258 g/mol. The lowest BCUT2D eigenvalue weighted by Gasteiger charge is -2.25. The van der Waals surface area contributed by atoms with Crippen molar-refractivity contribution < 1.29 is 4.79 Å². The highest BCUT2D eigenvalue weighted by molar-refractivity contribution is 5.99. The second kappa shape index (κ2) is 5.72. The van der Waals surface area contributed by atoms with E-state index in [1.807, 2.05) is 77.1 Å². The Morgan fingerprint density at radius 1 is 0.905 bits per heavy atom. The molecule has 0 bridgehead atoms. The fourth-order valence-corrected chi connectivity index (χ4v) is 2.38. The molecular formula is C19H23NO. The van der Waals surface area contributed by atoms with Gasteiger partial charge in [-0.2, -0.15) is 0 Å². The van der Waals surface area contributed by atoms with Crippen molar-refractivity contribution in [1.29, 1.82) is 0 Å². The van der Waals surface area contributed by atoms with Crippen LogP contribution in [0.1, 0.15) is 36.1 Å². The van der Waals surface area contributed by atoms with E-state index >= 15 is 0 Å². The molecule has 0 aliphatic carbocycles. The molecule has 0 fully saturated rings. The summed E-state index contributed by atoms with van der Waals surface area (Å²) in [5.74, 6) is 0.0174. The van der Waals surface area contributed by atoms with Crippen molar-refractivity contribution in [2.24, 2.45) is 0 Å². The van der Waals surface area contributed by atoms with Crippen molar-refractivity contribution in [1.82, 2.24) is 0 Å². The lowest BCUT2D eigenvalue weighted by Crippen LogP contribution is -2.35. The zero-order chi connectivity index (χ0) is 15.6. The second-order valence-corrected chi connectivity index (χ2v) is 6.21. The average Bonchev–Trinajstić information content (AvgIpc) is 2.43. The number of para-hydroxylation sites is 1. The number of aryl methyl sites for hydroxylation is 3. The molecule has 2 aromatic rings. The first-order valence-electron chi connectivity index (χ1n) is 7.27. The van der Waals surface area contributed by atoms with Gasteiger partial charge in [0, 0.05) is 5.69 Å². The molecule has 0 saturated carbocycles. The number of carbonyl (C=O) groups excluding carboxylic acids is 1. The van der Waals surface area contributed by atoms with Crippen LogP contribution < -0.4 is 5.32 Å². The van der Waals surface area contributed by atoms with Gasteiger partial charge in [0.25, 0.3) is 0 Å². The quantitative estimate of drug-likeness (QED) is 0.880. The third-order valence-corrected chi connectivity index (χ3v) is 4.06. The SMILES string of the molecule is Cc1ccc(C(C)(C)C(=O)Nc2c(C)cccc2C)cc1. The van der Waals surface area contributed by atoms with Crippen LogP contribution in [0.2, 0.25) is 0 Å². The predicted molar refractivity (Wildman–Crippen MR) is 88.8 cm³/mol. The Morgan fingerprint density at radius 3 is 1.95 bits per heavy atom. The minimum absolute atomic E-state index is 0.0174. The summed E-state index contributed by atoms with van der Waals surface area (Å²) in [5, 5.41) is 3.09. The molecule has 0 heterocycles. The van der Waals surface area contributed by atoms with Crippen LogP contribution in [0.3, 0.4) is 0 Å². The van der Waals surface area contributed by atoms with Crippen LogP contribution in [-0.4, -0.2) is 5.91 Å². The Morgan fingerprint density at radius 2 is 1.43 bits per heavy atom. The van der Waals surface area contributed by atoms with Gasteiger partial charge in [-0.25, -0.2) is 0 Å². The highest BCUT2D eigenvalue weighted by Gasteiger charge is 2.30. The summed E-state index contributed by atoms with van der Waals surface area (Å²) in [4.78, 5) is 12.7. The average molecular weight is 281 g/mol. The van der Waals surface area contributed by atoms with Gasteiger partial charge in [0.1, 0.15) is 0 Å². The first-order chi connectivity index (χ1) is 9.82. The van der Waals surface area contributed by atoms with Gasteiger partial charge >= 0.3 is 0 Å². The number of anilines is 1. The van der Waals surface area contributed by atoms with Crippen LogP contribution in [-0.2, 0) is 10.2 Å². The normalized spacial score (nSPS) is 11.3. The predicted octanol–water partition coefficient (Wildman–Crippen LogP) is 4.53. The van der Waals surface area contributed by atoms with Crippen LogP contribution in [0.4, 0.5) is 5.69 Å². The summed E-state index contributed by atoms with van der Waals surface area (Å²) in [6.45, 7) is 10.00. The van der Waals surface area contributed by atoms with Gasteiger partial charge in [0.2, 0.25) is 5.91 Å². The van der Waals surface area contributed by atoms with E-state index in [2.05, 4.69) is 5.32 Å². The van der Waals surface area contributed by atoms with E-state index in [0.717, 1.165) is 22.4 Å². The van der Waals surface area contributed by atoms with Crippen molar-refractivity contribution in [3.63, 3.8) is 0 Å². The van der Waals surface area contributed by atoms with Crippen LogP contribution in [0.5, 0.6) is 0 Å². The van der Waals surface area contributed by atoms with Crippen molar-refractivity contribution in [3.8, 4) is 0 Å². The molecule has 2 nitrogen and oxygen atoms in total. The molecule has 2 heteroatoms. The molecule has 0 spiro atoms. The number of nitrogens with one attached hydrogen (secondary N) is 1. The van der Waals surface area contributed by atoms with E-state index < -0.39 is 5.41 Å². The minimum atomic E-state index is -0.567. The first kappa shape index (κ1) is 15.3. The summed E-state index contributed by atoms with van der Waals surface area (Å²) in [7, 11) is 0. The topological polar surface area (TPSA) is 29.1 Å². The summed E-state index contributed by atoms with van der Waals surface area (Å²) >= 11 is 0. The number of hydrogen-bond donors (Lipinski definition) is 1. The third-order valence-electron chi connectivity index (χ3n) is 4.06. The largest absolute Gasteiger partial charge is 0.325 e. The van der Waals surface area contributed by atoms with E-state index in [1.165, 1.54) is 5.56 Å². The molecule has 2 aromatic carbocycles. The van der Waals surface area contributed by atoms with Crippen LogP contribution in [0, 0.1) is 20.8 Å². The van der Waals surface area contributed by atoms with Crippen LogP contribution >= 0.6 is 0 Å². The van der Waals surface area contributed by atoms with E-state index in [9.17, 15) is 4.79 Å². The summed E-state index contributed by atoms with van der Waals surface area (Å²) in [6.07, 6.45) is 0. The molecule has 110 valence electrons. The second-order valence-electron chi connectivity index (χ2n) is 6.21. The molecule has 0 aliphatic rings. The summed E-state index contributed by atoms with van der Waals surface area (Å²) < 4.78 is 0. The molecule has 0 aromatic heterocycles. The number of carbonyl (C=O) groups is 1. The zero-order valence-electron chi connectivity index (χ0n) is 13.4. The van der Waals surface area contributed by atoms with Gasteiger partial charge in [-0.3, -0.25) is 4.79 Å². The first-order valence-corrected chi connectivity index (χ1v) is 7.27. The highest BCUT2D eigenvalue weighted by Crippen LogP contribution is 2.27. The fraction of sp³-hybridized carbons (Fsp3) is 0.316. The summed E-state index contributed by atoms with van der Waals surface area (Å²) in [5.41, 5.74) is 4.75. The monoisotopic (exact) mass is 281 g/mol. The smallest absolute Gasteiger partial charge is 0.234 e. The molecule has 2 rings (SSSR count). The van der Waals surface area contributed by atoms with Crippen molar-refractivity contribution >= 4 is 11.6 Å². The van der Waals surface area contributed by atoms with Gasteiger partial charge < -0.3 is 5.32 Å². The molecule has 0 saturated heterocycles. The van der Waals surface area contributed by atoms with Crippen molar-refractivity contribution in [2.45, 2.75) is 40.0 Å². The maximum atomic E-state index is 12.7. The Hall–Kier alpha value is -2.09. The number of rotatable bonds is 3. The van der Waals surface area contributed by atoms with Gasteiger partial charge in [0.05, 0.1) is 5.41 Å². The Labute approximate surface area is 127 Å². The molecule has 0 atom stereocenters. The van der Waals surface area contributed by atoms with E-state index in [1.54, 1.807) is 0 Å². The molecule has 0 aliphatic heterocycles.